The number of amides is 1. The highest BCUT2D eigenvalue weighted by molar-refractivity contribution is 7.13. The molecule has 1 amide bonds. The number of thiazole rings is 1. The Morgan fingerprint density at radius 2 is 2.14 bits per heavy atom. The number of nitrogens with one attached hydrogen (secondary N) is 1. The quantitative estimate of drug-likeness (QED) is 0.665. The van der Waals surface area contributed by atoms with Crippen LogP contribution in [0.3, 0.4) is 0 Å². The number of aromatic nitrogens is 2. The molecule has 1 saturated heterocycles. The van der Waals surface area contributed by atoms with Gasteiger partial charge >= 0.3 is 0 Å². The zero-order chi connectivity index (χ0) is 20.1. The predicted molar refractivity (Wildman–Crippen MR) is 113 cm³/mol. The van der Waals surface area contributed by atoms with E-state index < -0.39 is 0 Å². The lowest BCUT2D eigenvalue weighted by Crippen LogP contribution is -2.40. The molecule has 1 aromatic carbocycles. The Morgan fingerprint density at radius 3 is 2.97 bits per heavy atom. The van der Waals surface area contributed by atoms with Crippen molar-refractivity contribution in [2.24, 2.45) is 0 Å². The molecular formula is C22H23FN4OS. The summed E-state index contributed by atoms with van der Waals surface area (Å²) < 4.78 is 14.0. The lowest BCUT2D eigenvalue weighted by molar-refractivity contribution is -0.117. The van der Waals surface area contributed by atoms with Crippen molar-refractivity contribution >= 4 is 22.4 Å². The monoisotopic (exact) mass is 410 g/mol. The van der Waals surface area contributed by atoms with E-state index in [4.69, 9.17) is 4.98 Å². The van der Waals surface area contributed by atoms with Crippen LogP contribution < -0.4 is 5.32 Å². The highest BCUT2D eigenvalue weighted by atomic mass is 32.1. The van der Waals surface area contributed by atoms with Crippen molar-refractivity contribution in [1.82, 2.24) is 14.9 Å². The molecule has 4 rings (SSSR count). The normalized spacial score (nSPS) is 17.2. The molecule has 0 unspecified atom stereocenters. The lowest BCUT2D eigenvalue weighted by atomic mass is 9.94. The van der Waals surface area contributed by atoms with Gasteiger partial charge in [-0.25, -0.2) is 9.37 Å². The van der Waals surface area contributed by atoms with E-state index >= 15 is 0 Å². The minimum absolute atomic E-state index is 0.0399. The smallest absolute Gasteiger partial charge is 0.240 e. The minimum Gasteiger partial charge on any atom is -0.301 e. The van der Waals surface area contributed by atoms with Crippen LogP contribution in [0, 0.1) is 5.82 Å². The summed E-state index contributed by atoms with van der Waals surface area (Å²) in [5.41, 5.74) is 2.54. The minimum atomic E-state index is -0.199. The molecule has 29 heavy (non-hydrogen) atoms. The van der Waals surface area contributed by atoms with Crippen LogP contribution in [0.25, 0.3) is 0 Å². The summed E-state index contributed by atoms with van der Waals surface area (Å²) in [6.07, 6.45) is 4.22. The van der Waals surface area contributed by atoms with Gasteiger partial charge in [0.1, 0.15) is 5.82 Å². The van der Waals surface area contributed by atoms with Crippen molar-refractivity contribution in [3.8, 4) is 0 Å². The number of rotatable bonds is 6. The van der Waals surface area contributed by atoms with Crippen molar-refractivity contribution in [2.75, 3.05) is 25.0 Å². The largest absolute Gasteiger partial charge is 0.301 e. The summed E-state index contributed by atoms with van der Waals surface area (Å²) >= 11 is 1.42. The first-order valence-corrected chi connectivity index (χ1v) is 10.7. The second-order valence-corrected chi connectivity index (χ2v) is 8.18. The molecule has 1 fully saturated rings. The van der Waals surface area contributed by atoms with E-state index in [-0.39, 0.29) is 17.6 Å². The number of carbonyl (C=O) groups excluding carboxylic acids is 1. The summed E-state index contributed by atoms with van der Waals surface area (Å²) in [4.78, 5) is 23.3. The van der Waals surface area contributed by atoms with E-state index in [1.165, 1.54) is 17.4 Å². The number of hydrogen-bond donors (Lipinski definition) is 1. The summed E-state index contributed by atoms with van der Waals surface area (Å²) in [6.45, 7) is 2.04. The summed E-state index contributed by atoms with van der Waals surface area (Å²) in [7, 11) is 0. The maximum Gasteiger partial charge on any atom is 0.240 e. The van der Waals surface area contributed by atoms with Crippen LogP contribution in [0.2, 0.25) is 0 Å². The van der Waals surface area contributed by atoms with Gasteiger partial charge in [0.05, 0.1) is 6.54 Å². The Hall–Kier alpha value is -2.64. The summed E-state index contributed by atoms with van der Waals surface area (Å²) in [6, 6.07) is 12.8. The summed E-state index contributed by atoms with van der Waals surface area (Å²) in [5, 5.41) is 5.31. The van der Waals surface area contributed by atoms with Crippen LogP contribution in [0.5, 0.6) is 0 Å². The maximum atomic E-state index is 14.0. The highest BCUT2D eigenvalue weighted by Gasteiger charge is 2.24. The van der Waals surface area contributed by atoms with E-state index in [2.05, 4.69) is 15.2 Å². The van der Waals surface area contributed by atoms with Gasteiger partial charge in [-0.3, -0.25) is 14.7 Å². The number of benzene rings is 1. The summed E-state index contributed by atoms with van der Waals surface area (Å²) in [5.74, 6) is 0.0358. The molecule has 0 aliphatic carbocycles. The third kappa shape index (κ3) is 5.25. The predicted octanol–water partition coefficient (Wildman–Crippen LogP) is 4.09. The third-order valence-corrected chi connectivity index (χ3v) is 5.82. The van der Waals surface area contributed by atoms with Crippen LogP contribution >= 0.6 is 11.3 Å². The van der Waals surface area contributed by atoms with Gasteiger partial charge in [0.25, 0.3) is 0 Å². The van der Waals surface area contributed by atoms with Crippen molar-refractivity contribution in [1.29, 1.82) is 0 Å². The van der Waals surface area contributed by atoms with Crippen molar-refractivity contribution < 1.29 is 9.18 Å². The van der Waals surface area contributed by atoms with Crippen molar-refractivity contribution in [3.05, 3.63) is 76.8 Å². The first-order valence-electron chi connectivity index (χ1n) is 9.78. The van der Waals surface area contributed by atoms with E-state index in [1.807, 2.05) is 29.6 Å². The molecule has 0 radical (unpaired) electrons. The van der Waals surface area contributed by atoms with Crippen molar-refractivity contribution in [2.45, 2.75) is 25.2 Å². The van der Waals surface area contributed by atoms with Gasteiger partial charge in [0.15, 0.2) is 5.13 Å². The molecule has 3 aromatic rings. The average molecular weight is 411 g/mol. The molecule has 150 valence electrons. The van der Waals surface area contributed by atoms with Gasteiger partial charge in [0.2, 0.25) is 5.91 Å². The number of halogens is 1. The molecule has 1 atom stereocenters. The molecule has 5 nitrogen and oxygen atoms in total. The molecule has 2 aromatic heterocycles. The Labute approximate surface area is 173 Å². The van der Waals surface area contributed by atoms with E-state index in [9.17, 15) is 9.18 Å². The average Bonchev–Trinajstić information content (AvgIpc) is 3.23. The van der Waals surface area contributed by atoms with Crippen molar-refractivity contribution in [3.63, 3.8) is 0 Å². The number of nitrogens with zero attached hydrogens (tertiary/aromatic N) is 3. The molecule has 7 heteroatoms. The number of likely N-dealkylation sites (tertiary alicyclic amines) is 1. The third-order valence-electron chi connectivity index (χ3n) is 5.13. The number of hydrogen-bond acceptors (Lipinski definition) is 5. The molecule has 3 heterocycles. The SMILES string of the molecule is O=C(CN1CCC[C@H](c2cccc(Cc3ccccc3F)n2)C1)Nc1nccs1. The number of anilines is 1. The molecule has 1 aliphatic rings. The highest BCUT2D eigenvalue weighted by Crippen LogP contribution is 2.26. The number of carbonyl (C=O) groups is 1. The molecule has 1 aliphatic heterocycles. The van der Waals surface area contributed by atoms with Crippen LogP contribution in [-0.2, 0) is 11.2 Å². The molecule has 0 saturated carbocycles. The molecule has 0 bridgehead atoms. The fourth-order valence-corrected chi connectivity index (χ4v) is 4.29. The second kappa shape index (κ2) is 9.24. The molecular weight excluding hydrogens is 387 g/mol. The maximum absolute atomic E-state index is 14.0. The van der Waals surface area contributed by atoms with Gasteiger partial charge < -0.3 is 5.32 Å². The van der Waals surface area contributed by atoms with E-state index in [0.717, 1.165) is 37.3 Å². The Morgan fingerprint density at radius 1 is 1.24 bits per heavy atom. The topological polar surface area (TPSA) is 58.1 Å². The standard InChI is InChI=1S/C22H23FN4OS/c23-19-8-2-1-5-16(19)13-18-7-3-9-20(25-18)17-6-4-11-27(14-17)15-21(28)26-22-24-10-12-29-22/h1-3,5,7-10,12,17H,4,6,11,13-15H2,(H,24,26,28)/t17-/m0/s1. The van der Waals surface area contributed by atoms with Crippen LogP contribution in [0.4, 0.5) is 9.52 Å². The Balaban J connectivity index is 1.39. The first-order chi connectivity index (χ1) is 14.2. The molecule has 0 spiro atoms. The van der Waals surface area contributed by atoms with Crippen LogP contribution in [0.1, 0.15) is 35.7 Å². The van der Waals surface area contributed by atoms with Crippen LogP contribution in [0.15, 0.2) is 54.0 Å². The lowest BCUT2D eigenvalue weighted by Gasteiger charge is -2.32. The van der Waals surface area contributed by atoms with Gasteiger partial charge in [-0.1, -0.05) is 24.3 Å². The molecule has 1 N–H and O–H groups in total. The fourth-order valence-electron chi connectivity index (χ4n) is 3.75. The van der Waals surface area contributed by atoms with E-state index in [1.54, 1.807) is 18.3 Å². The number of piperidine rings is 1. The Kier molecular flexibility index (Phi) is 6.27. The van der Waals surface area contributed by atoms with Gasteiger partial charge in [-0.2, -0.15) is 0 Å². The second-order valence-electron chi connectivity index (χ2n) is 7.28. The zero-order valence-corrected chi connectivity index (χ0v) is 16.9. The van der Waals surface area contributed by atoms with Gasteiger partial charge in [-0.15, -0.1) is 11.3 Å². The first kappa shape index (κ1) is 19.7. The number of pyridine rings is 1. The van der Waals surface area contributed by atoms with Crippen LogP contribution in [-0.4, -0.2) is 40.4 Å². The Bertz CT molecular complexity index is 963. The zero-order valence-electron chi connectivity index (χ0n) is 16.1. The van der Waals surface area contributed by atoms with Gasteiger partial charge in [-0.05, 0) is 43.1 Å². The van der Waals surface area contributed by atoms with E-state index in [0.29, 0.717) is 23.7 Å². The fraction of sp³-hybridized carbons (Fsp3) is 0.318. The van der Waals surface area contributed by atoms with Gasteiger partial charge in [0, 0.05) is 41.8 Å².